The molecule has 0 heterocycles. The molecule has 0 radical (unpaired) electrons. The van der Waals surface area contributed by atoms with Crippen LogP contribution in [0.2, 0.25) is 0 Å². The van der Waals surface area contributed by atoms with Gasteiger partial charge in [-0.05, 0) is 0 Å². The summed E-state index contributed by atoms with van der Waals surface area (Å²) in [4.78, 5) is 21.3. The zero-order valence-corrected chi connectivity index (χ0v) is 8.19. The highest BCUT2D eigenvalue weighted by Crippen LogP contribution is 2.20. The molecule has 2 N–H and O–H groups in total. The van der Waals surface area contributed by atoms with Crippen LogP contribution in [-0.2, 0) is 9.59 Å². The van der Waals surface area contributed by atoms with Crippen LogP contribution in [0.4, 0.5) is 8.78 Å². The van der Waals surface area contributed by atoms with E-state index >= 15 is 0 Å². The number of alkyl halides is 2. The summed E-state index contributed by atoms with van der Waals surface area (Å²) in [5.41, 5.74) is -2.37. The molecule has 0 fully saturated rings. The third-order valence-corrected chi connectivity index (χ3v) is 1.72. The quantitative estimate of drug-likeness (QED) is 0.537. The number of carboxylic acids is 2. The number of rotatable bonds is 6. The monoisotopic (exact) mass is 232 g/mol. The molecule has 0 bridgehead atoms. The second-order valence-corrected chi connectivity index (χ2v) is 2.71. The number of halogens is 2. The maximum atomic E-state index is 13.1. The van der Waals surface area contributed by atoms with Crippen molar-refractivity contribution in [1.82, 2.24) is 0 Å². The fourth-order valence-electron chi connectivity index (χ4n) is 0.999. The highest BCUT2D eigenvalue weighted by atomic mass is 19.1. The Kier molecular flexibility index (Phi) is 5.08. The van der Waals surface area contributed by atoms with E-state index in [4.69, 9.17) is 10.2 Å². The normalized spacial score (nSPS) is 15.6. The van der Waals surface area contributed by atoms with Gasteiger partial charge in [-0.25, -0.2) is 18.4 Å². The summed E-state index contributed by atoms with van der Waals surface area (Å²) < 4.78 is 26.3. The zero-order valence-electron chi connectivity index (χ0n) is 8.19. The van der Waals surface area contributed by atoms with Gasteiger partial charge in [0.05, 0.1) is 11.1 Å². The van der Waals surface area contributed by atoms with Gasteiger partial charge in [0.1, 0.15) is 0 Å². The van der Waals surface area contributed by atoms with Crippen molar-refractivity contribution >= 4 is 11.9 Å². The molecular weight excluding hydrogens is 222 g/mol. The van der Waals surface area contributed by atoms with E-state index in [9.17, 15) is 18.4 Å². The van der Waals surface area contributed by atoms with Gasteiger partial charge in [-0.1, -0.05) is 25.3 Å². The summed E-state index contributed by atoms with van der Waals surface area (Å²) in [5.74, 6) is -3.70. The molecule has 2 atom stereocenters. The molecule has 0 aliphatic carbocycles. The fourth-order valence-corrected chi connectivity index (χ4v) is 0.999. The van der Waals surface area contributed by atoms with E-state index in [1.807, 2.05) is 0 Å². The minimum Gasteiger partial charge on any atom is -0.478 e. The molecule has 4 nitrogen and oxygen atoms in total. The van der Waals surface area contributed by atoms with Gasteiger partial charge in [-0.3, -0.25) is 0 Å². The standard InChI is InChI=1S/C10H10F2O4/c1-3-5(11)7(9(13)14)8(10(15)16)6(12)4-2/h3-6H,1-2H2,(H,13,14)(H,15,16)/b8-7+. The van der Waals surface area contributed by atoms with Gasteiger partial charge < -0.3 is 10.2 Å². The van der Waals surface area contributed by atoms with Crippen LogP contribution in [-0.4, -0.2) is 34.5 Å². The molecule has 2 unspecified atom stereocenters. The van der Waals surface area contributed by atoms with Crippen molar-refractivity contribution in [2.24, 2.45) is 0 Å². The SMILES string of the molecule is C=CC(F)/C(C(=O)O)=C(\C(=O)O)C(F)C=C. The van der Waals surface area contributed by atoms with Crippen LogP contribution in [0.1, 0.15) is 0 Å². The number of allylic oxidation sites excluding steroid dienone is 2. The Hall–Kier alpha value is -1.98. The average molecular weight is 232 g/mol. The van der Waals surface area contributed by atoms with Crippen molar-refractivity contribution in [3.63, 3.8) is 0 Å². The van der Waals surface area contributed by atoms with Gasteiger partial charge in [0.2, 0.25) is 0 Å². The molecule has 0 aromatic carbocycles. The number of carbonyl (C=O) groups is 2. The van der Waals surface area contributed by atoms with E-state index in [1.165, 1.54) is 0 Å². The number of aliphatic carboxylic acids is 2. The Balaban J connectivity index is 5.81. The number of hydrogen-bond donors (Lipinski definition) is 2. The third-order valence-electron chi connectivity index (χ3n) is 1.72. The average Bonchev–Trinajstić information content (AvgIpc) is 2.22. The van der Waals surface area contributed by atoms with Gasteiger partial charge in [-0.15, -0.1) is 0 Å². The highest BCUT2D eigenvalue weighted by molar-refractivity contribution is 6.00. The lowest BCUT2D eigenvalue weighted by atomic mass is 9.99. The molecule has 0 spiro atoms. The largest absolute Gasteiger partial charge is 0.478 e. The minimum atomic E-state index is -2.26. The Morgan fingerprint density at radius 3 is 1.31 bits per heavy atom. The Morgan fingerprint density at radius 2 is 1.19 bits per heavy atom. The predicted molar refractivity (Wildman–Crippen MR) is 52.5 cm³/mol. The van der Waals surface area contributed by atoms with Gasteiger partial charge in [0.25, 0.3) is 0 Å². The van der Waals surface area contributed by atoms with Crippen molar-refractivity contribution < 1.29 is 28.6 Å². The molecule has 6 heteroatoms. The Labute approximate surface area is 90.2 Å². The van der Waals surface area contributed by atoms with E-state index in [-0.39, 0.29) is 0 Å². The summed E-state index contributed by atoms with van der Waals surface area (Å²) in [7, 11) is 0. The van der Waals surface area contributed by atoms with Crippen molar-refractivity contribution in [2.45, 2.75) is 12.3 Å². The van der Waals surface area contributed by atoms with E-state index < -0.39 is 35.4 Å². The van der Waals surface area contributed by atoms with Gasteiger partial charge in [-0.2, -0.15) is 0 Å². The lowest BCUT2D eigenvalue weighted by molar-refractivity contribution is -0.136. The maximum Gasteiger partial charge on any atom is 0.335 e. The highest BCUT2D eigenvalue weighted by Gasteiger charge is 2.30. The number of carboxylic acid groups (broad SMARTS) is 2. The van der Waals surface area contributed by atoms with Crippen LogP contribution < -0.4 is 0 Å². The lowest BCUT2D eigenvalue weighted by Crippen LogP contribution is -2.23. The molecule has 0 aliphatic rings. The van der Waals surface area contributed by atoms with Crippen LogP contribution in [0.5, 0.6) is 0 Å². The molecule has 0 rings (SSSR count). The van der Waals surface area contributed by atoms with Gasteiger partial charge in [0, 0.05) is 0 Å². The van der Waals surface area contributed by atoms with E-state index in [1.54, 1.807) is 0 Å². The summed E-state index contributed by atoms with van der Waals surface area (Å²) in [6.07, 6.45) is -3.38. The molecule has 0 aromatic rings. The fraction of sp³-hybridized carbons (Fsp3) is 0.200. The smallest absolute Gasteiger partial charge is 0.335 e. The van der Waals surface area contributed by atoms with Crippen LogP contribution in [0, 0.1) is 0 Å². The first-order valence-electron chi connectivity index (χ1n) is 4.10. The zero-order chi connectivity index (χ0) is 12.9. The molecule has 0 aromatic heterocycles. The molecular formula is C10H10F2O4. The first kappa shape index (κ1) is 14.0. The topological polar surface area (TPSA) is 74.6 Å². The summed E-state index contributed by atoms with van der Waals surface area (Å²) in [5, 5.41) is 17.3. The van der Waals surface area contributed by atoms with Crippen molar-refractivity contribution in [2.75, 3.05) is 0 Å². The second kappa shape index (κ2) is 5.79. The summed E-state index contributed by atoms with van der Waals surface area (Å²) in [6.45, 7) is 5.95. The summed E-state index contributed by atoms with van der Waals surface area (Å²) in [6, 6.07) is 0. The Bertz CT molecular complexity index is 326. The van der Waals surface area contributed by atoms with Crippen LogP contribution in [0.25, 0.3) is 0 Å². The second-order valence-electron chi connectivity index (χ2n) is 2.71. The number of hydrogen-bond acceptors (Lipinski definition) is 2. The molecule has 0 saturated heterocycles. The van der Waals surface area contributed by atoms with Crippen LogP contribution >= 0.6 is 0 Å². The van der Waals surface area contributed by atoms with E-state index in [0.717, 1.165) is 0 Å². The molecule has 0 saturated carbocycles. The van der Waals surface area contributed by atoms with Crippen molar-refractivity contribution in [1.29, 1.82) is 0 Å². The third kappa shape index (κ3) is 3.01. The van der Waals surface area contributed by atoms with Gasteiger partial charge in [0.15, 0.2) is 12.3 Å². The lowest BCUT2D eigenvalue weighted by Gasteiger charge is -2.11. The van der Waals surface area contributed by atoms with Crippen LogP contribution in [0.3, 0.4) is 0 Å². The molecule has 88 valence electrons. The van der Waals surface area contributed by atoms with Crippen molar-refractivity contribution in [3.8, 4) is 0 Å². The Morgan fingerprint density at radius 1 is 0.938 bits per heavy atom. The maximum absolute atomic E-state index is 13.1. The first-order valence-corrected chi connectivity index (χ1v) is 4.10. The predicted octanol–water partition coefficient (Wildman–Crippen LogP) is 1.50. The van der Waals surface area contributed by atoms with Crippen molar-refractivity contribution in [3.05, 3.63) is 36.5 Å². The van der Waals surface area contributed by atoms with Crippen LogP contribution in [0.15, 0.2) is 36.5 Å². The molecule has 0 amide bonds. The van der Waals surface area contributed by atoms with E-state index in [0.29, 0.717) is 12.2 Å². The molecule has 16 heavy (non-hydrogen) atoms. The minimum absolute atomic E-state index is 0.572. The summed E-state index contributed by atoms with van der Waals surface area (Å²) >= 11 is 0. The first-order chi connectivity index (χ1) is 7.36. The van der Waals surface area contributed by atoms with E-state index in [2.05, 4.69) is 13.2 Å². The molecule has 0 aliphatic heterocycles. The van der Waals surface area contributed by atoms with Gasteiger partial charge >= 0.3 is 11.9 Å².